The highest BCUT2D eigenvalue weighted by Gasteiger charge is 2.02. The Bertz CT molecular complexity index is 357. The van der Waals surface area contributed by atoms with Crippen LogP contribution in [0.3, 0.4) is 0 Å². The summed E-state index contributed by atoms with van der Waals surface area (Å²) in [7, 11) is 0. The van der Waals surface area contributed by atoms with Crippen LogP contribution in [0.4, 0.5) is 9.59 Å². The van der Waals surface area contributed by atoms with Gasteiger partial charge in [0.15, 0.2) is 0 Å². The predicted octanol–water partition coefficient (Wildman–Crippen LogP) is 6.00. The van der Waals surface area contributed by atoms with Crippen LogP contribution >= 0.6 is 0 Å². The van der Waals surface area contributed by atoms with Gasteiger partial charge in [0, 0.05) is 6.54 Å². The van der Waals surface area contributed by atoms with Gasteiger partial charge in [-0.05, 0) is 32.1 Å². The van der Waals surface area contributed by atoms with Gasteiger partial charge in [0.2, 0.25) is 0 Å². The number of urea groups is 1. The molecule has 5 nitrogen and oxygen atoms in total. The van der Waals surface area contributed by atoms with E-state index in [1.807, 2.05) is 0 Å². The number of hydrogen-bond acceptors (Lipinski definition) is 2. The maximum absolute atomic E-state index is 11.0. The number of allylic oxidation sites excluding steroid dienone is 2. The number of imide groups is 1. The average Bonchev–Trinajstić information content (AvgIpc) is 2.57. The number of rotatable bonds is 16. The summed E-state index contributed by atoms with van der Waals surface area (Å²) in [6.07, 6.45) is 20.8. The molecule has 0 aromatic rings. The van der Waals surface area contributed by atoms with Gasteiger partial charge in [-0.3, -0.25) is 0 Å². The van der Waals surface area contributed by atoms with Crippen molar-refractivity contribution < 1.29 is 14.7 Å². The predicted molar refractivity (Wildman–Crippen MR) is 104 cm³/mol. The topological polar surface area (TPSA) is 78.4 Å². The third-order valence-corrected chi connectivity index (χ3v) is 4.19. The van der Waals surface area contributed by atoms with Crippen LogP contribution in [-0.4, -0.2) is 23.8 Å². The molecular formula is C20H38N2O3. The van der Waals surface area contributed by atoms with E-state index in [9.17, 15) is 9.59 Å². The number of nitrogens with one attached hydrogen (secondary N) is 2. The van der Waals surface area contributed by atoms with E-state index in [2.05, 4.69) is 24.4 Å². The Morgan fingerprint density at radius 1 is 0.760 bits per heavy atom. The third kappa shape index (κ3) is 20.4. The molecule has 0 aromatic carbocycles. The van der Waals surface area contributed by atoms with Gasteiger partial charge < -0.3 is 10.4 Å². The Morgan fingerprint density at radius 2 is 1.24 bits per heavy atom. The normalized spacial score (nSPS) is 10.9. The first-order valence-corrected chi connectivity index (χ1v) is 10.1. The summed E-state index contributed by atoms with van der Waals surface area (Å²) in [6.45, 7) is 2.78. The fraction of sp³-hybridized carbons (Fsp3) is 0.800. The summed E-state index contributed by atoms with van der Waals surface area (Å²) in [5.74, 6) is 0. The zero-order valence-corrected chi connectivity index (χ0v) is 16.0. The Labute approximate surface area is 153 Å². The molecule has 0 saturated carbocycles. The second-order valence-corrected chi connectivity index (χ2v) is 6.62. The van der Waals surface area contributed by atoms with Gasteiger partial charge in [-0.15, -0.1) is 0 Å². The number of carbonyl (C=O) groups excluding carboxylic acids is 1. The molecule has 0 unspecified atom stereocenters. The highest BCUT2D eigenvalue weighted by Crippen LogP contribution is 2.09. The maximum atomic E-state index is 11.0. The molecule has 0 bridgehead atoms. The van der Waals surface area contributed by atoms with Crippen LogP contribution in [0.2, 0.25) is 0 Å². The molecule has 0 atom stereocenters. The van der Waals surface area contributed by atoms with Gasteiger partial charge in [0.05, 0.1) is 0 Å². The standard InChI is InChI=1S/C20H38N2O3/c1-2-3-4-5-6-7-8-9-10-11-12-13-14-15-16-17-18-21-19(23)22-20(24)25/h9-10H,2-8,11-18H2,1H3,(H,24,25)(H2,21,22,23). The molecule has 0 spiro atoms. The lowest BCUT2D eigenvalue weighted by molar-refractivity contribution is 0.191. The molecule has 0 radical (unpaired) electrons. The van der Waals surface area contributed by atoms with Gasteiger partial charge in [-0.2, -0.15) is 0 Å². The van der Waals surface area contributed by atoms with Crippen LogP contribution in [0.1, 0.15) is 96.8 Å². The van der Waals surface area contributed by atoms with Crippen molar-refractivity contribution in [2.24, 2.45) is 0 Å². The minimum atomic E-state index is -1.32. The smallest absolute Gasteiger partial charge is 0.412 e. The first-order chi connectivity index (χ1) is 12.2. The van der Waals surface area contributed by atoms with Gasteiger partial charge in [-0.1, -0.05) is 76.9 Å². The van der Waals surface area contributed by atoms with E-state index in [0.29, 0.717) is 6.54 Å². The van der Waals surface area contributed by atoms with Crippen molar-refractivity contribution in [2.75, 3.05) is 6.54 Å². The number of amides is 3. The van der Waals surface area contributed by atoms with E-state index in [-0.39, 0.29) is 0 Å². The first kappa shape index (κ1) is 23.5. The monoisotopic (exact) mass is 354 g/mol. The zero-order chi connectivity index (χ0) is 18.6. The minimum Gasteiger partial charge on any atom is -0.465 e. The summed E-state index contributed by atoms with van der Waals surface area (Å²) >= 11 is 0. The highest BCUT2D eigenvalue weighted by molar-refractivity contribution is 5.89. The van der Waals surface area contributed by atoms with Crippen molar-refractivity contribution in [3.8, 4) is 0 Å². The molecule has 0 rings (SSSR count). The number of hydrogen-bond donors (Lipinski definition) is 3. The lowest BCUT2D eigenvalue weighted by Gasteiger charge is -2.04. The largest absolute Gasteiger partial charge is 0.465 e. The zero-order valence-electron chi connectivity index (χ0n) is 16.0. The lowest BCUT2D eigenvalue weighted by atomic mass is 10.1. The Kier molecular flexibility index (Phi) is 17.7. The van der Waals surface area contributed by atoms with E-state index in [1.54, 1.807) is 5.32 Å². The second kappa shape index (κ2) is 18.8. The van der Waals surface area contributed by atoms with Crippen LogP contribution < -0.4 is 10.6 Å². The van der Waals surface area contributed by atoms with Crippen molar-refractivity contribution in [1.82, 2.24) is 10.6 Å². The number of carboxylic acid groups (broad SMARTS) is 1. The van der Waals surface area contributed by atoms with Crippen LogP contribution in [0.5, 0.6) is 0 Å². The first-order valence-electron chi connectivity index (χ1n) is 10.1. The summed E-state index contributed by atoms with van der Waals surface area (Å²) in [4.78, 5) is 21.2. The molecule has 3 N–H and O–H groups in total. The average molecular weight is 355 g/mol. The van der Waals surface area contributed by atoms with E-state index >= 15 is 0 Å². The van der Waals surface area contributed by atoms with Gasteiger partial charge in [0.1, 0.15) is 0 Å². The van der Waals surface area contributed by atoms with Crippen molar-refractivity contribution in [2.45, 2.75) is 96.8 Å². The van der Waals surface area contributed by atoms with Crippen LogP contribution in [0.15, 0.2) is 12.2 Å². The lowest BCUT2D eigenvalue weighted by Crippen LogP contribution is -2.38. The molecule has 146 valence electrons. The van der Waals surface area contributed by atoms with Gasteiger partial charge in [-0.25, -0.2) is 14.9 Å². The summed E-state index contributed by atoms with van der Waals surface area (Å²) in [5.41, 5.74) is 0. The molecule has 25 heavy (non-hydrogen) atoms. The van der Waals surface area contributed by atoms with Crippen molar-refractivity contribution in [1.29, 1.82) is 0 Å². The molecule has 0 aliphatic carbocycles. The van der Waals surface area contributed by atoms with Crippen LogP contribution in [0, 0.1) is 0 Å². The third-order valence-electron chi connectivity index (χ3n) is 4.19. The van der Waals surface area contributed by atoms with Gasteiger partial charge >= 0.3 is 12.1 Å². The maximum Gasteiger partial charge on any atom is 0.412 e. The van der Waals surface area contributed by atoms with Crippen LogP contribution in [0.25, 0.3) is 0 Å². The number of carbonyl (C=O) groups is 2. The molecule has 0 heterocycles. The second-order valence-electron chi connectivity index (χ2n) is 6.62. The SMILES string of the molecule is CCCCCCCCC=CCCCCCCCCNC(=O)NC(=O)O. The molecular weight excluding hydrogens is 316 g/mol. The minimum absolute atomic E-state index is 0.528. The molecule has 0 saturated heterocycles. The fourth-order valence-corrected chi connectivity index (χ4v) is 2.72. The van der Waals surface area contributed by atoms with E-state index < -0.39 is 12.1 Å². The molecule has 0 aliphatic heterocycles. The Balaban J connectivity index is 3.17. The Morgan fingerprint density at radius 3 is 1.76 bits per heavy atom. The molecule has 5 heteroatoms. The van der Waals surface area contributed by atoms with E-state index in [0.717, 1.165) is 12.8 Å². The van der Waals surface area contributed by atoms with Crippen molar-refractivity contribution >= 4 is 12.1 Å². The highest BCUT2D eigenvalue weighted by atomic mass is 16.4. The summed E-state index contributed by atoms with van der Waals surface area (Å²) < 4.78 is 0. The quantitative estimate of drug-likeness (QED) is 0.235. The summed E-state index contributed by atoms with van der Waals surface area (Å²) in [5, 5.41) is 12.6. The fourth-order valence-electron chi connectivity index (χ4n) is 2.72. The molecule has 0 aromatic heterocycles. The van der Waals surface area contributed by atoms with E-state index in [1.165, 1.54) is 77.0 Å². The number of unbranched alkanes of at least 4 members (excludes halogenated alkanes) is 12. The van der Waals surface area contributed by atoms with Crippen LogP contribution in [-0.2, 0) is 0 Å². The Hall–Kier alpha value is -1.52. The van der Waals surface area contributed by atoms with Crippen molar-refractivity contribution in [3.63, 3.8) is 0 Å². The van der Waals surface area contributed by atoms with E-state index in [4.69, 9.17) is 5.11 Å². The molecule has 0 fully saturated rings. The summed E-state index contributed by atoms with van der Waals surface area (Å²) in [6, 6.07) is -0.639. The molecule has 0 aliphatic rings. The van der Waals surface area contributed by atoms with Gasteiger partial charge in [0.25, 0.3) is 0 Å². The van der Waals surface area contributed by atoms with Crippen molar-refractivity contribution in [3.05, 3.63) is 12.2 Å². The molecule has 3 amide bonds.